The van der Waals surface area contributed by atoms with Crippen molar-refractivity contribution in [3.05, 3.63) is 0 Å². The lowest BCUT2D eigenvalue weighted by atomic mass is 9.89. The normalized spacial score (nSPS) is 13.8. The van der Waals surface area contributed by atoms with Crippen LogP contribution in [0.3, 0.4) is 0 Å². The quantitative estimate of drug-likeness (QED) is 0.738. The van der Waals surface area contributed by atoms with Crippen molar-refractivity contribution in [1.29, 1.82) is 0 Å². The third-order valence-corrected chi connectivity index (χ3v) is 1.86. The van der Waals surface area contributed by atoms with E-state index in [0.29, 0.717) is 6.61 Å². The van der Waals surface area contributed by atoms with Gasteiger partial charge in [-0.2, -0.15) is 0 Å². The molecule has 0 radical (unpaired) electrons. The third-order valence-electron chi connectivity index (χ3n) is 1.86. The van der Waals surface area contributed by atoms with Crippen molar-refractivity contribution in [2.75, 3.05) is 13.7 Å². The highest BCUT2D eigenvalue weighted by Gasteiger charge is 2.24. The molecule has 0 aromatic heterocycles. The van der Waals surface area contributed by atoms with Crippen molar-refractivity contribution >= 4 is 5.91 Å². The smallest absolute Gasteiger partial charge is 0.248 e. The second-order valence-electron chi connectivity index (χ2n) is 4.74. The van der Waals surface area contributed by atoms with Crippen molar-refractivity contribution < 1.29 is 9.53 Å². The van der Waals surface area contributed by atoms with Gasteiger partial charge in [-0.1, -0.05) is 27.7 Å². The molecule has 0 rings (SSSR count). The summed E-state index contributed by atoms with van der Waals surface area (Å²) in [5.41, 5.74) is 0.116. The molecule has 1 unspecified atom stereocenters. The van der Waals surface area contributed by atoms with Crippen molar-refractivity contribution in [3.8, 4) is 0 Å². The Morgan fingerprint density at radius 3 is 2.36 bits per heavy atom. The van der Waals surface area contributed by atoms with Crippen LogP contribution in [0.1, 0.15) is 40.5 Å². The Morgan fingerprint density at radius 2 is 2.00 bits per heavy atom. The highest BCUT2D eigenvalue weighted by Crippen LogP contribution is 2.22. The van der Waals surface area contributed by atoms with Crippen LogP contribution in [0.4, 0.5) is 0 Å². The van der Waals surface area contributed by atoms with Crippen molar-refractivity contribution in [3.63, 3.8) is 0 Å². The van der Waals surface area contributed by atoms with E-state index >= 15 is 0 Å². The monoisotopic (exact) mass is 201 g/mol. The number of rotatable bonds is 5. The molecule has 3 nitrogen and oxygen atoms in total. The lowest BCUT2D eigenvalue weighted by molar-refractivity contribution is -0.134. The highest BCUT2D eigenvalue weighted by molar-refractivity contribution is 5.80. The van der Waals surface area contributed by atoms with Crippen LogP contribution in [-0.4, -0.2) is 25.7 Å². The Bertz CT molecular complexity index is 173. The standard InChI is InChI=1S/C11H23NO2/c1-6-7-14-9(10(13)12-5)8-11(2,3)4/h9H,6-8H2,1-5H3,(H,12,13). The number of hydrogen-bond donors (Lipinski definition) is 1. The van der Waals surface area contributed by atoms with Crippen molar-refractivity contribution in [1.82, 2.24) is 5.32 Å². The molecule has 0 aliphatic rings. The summed E-state index contributed by atoms with van der Waals surface area (Å²) in [6.07, 6.45) is 1.39. The van der Waals surface area contributed by atoms with Gasteiger partial charge in [-0.05, 0) is 18.3 Å². The van der Waals surface area contributed by atoms with Crippen LogP contribution in [0, 0.1) is 5.41 Å². The predicted molar refractivity (Wildman–Crippen MR) is 58.2 cm³/mol. The zero-order valence-electron chi connectivity index (χ0n) is 10.0. The summed E-state index contributed by atoms with van der Waals surface area (Å²) in [6.45, 7) is 9.01. The van der Waals surface area contributed by atoms with Crippen LogP contribution in [0.5, 0.6) is 0 Å². The van der Waals surface area contributed by atoms with Gasteiger partial charge in [-0.15, -0.1) is 0 Å². The fraction of sp³-hybridized carbons (Fsp3) is 0.909. The van der Waals surface area contributed by atoms with Crippen LogP contribution in [0.15, 0.2) is 0 Å². The largest absolute Gasteiger partial charge is 0.368 e. The zero-order chi connectivity index (χ0) is 11.2. The summed E-state index contributed by atoms with van der Waals surface area (Å²) in [5, 5.41) is 2.63. The van der Waals surface area contributed by atoms with Crippen molar-refractivity contribution in [2.24, 2.45) is 5.41 Å². The summed E-state index contributed by atoms with van der Waals surface area (Å²) in [6, 6.07) is 0. The van der Waals surface area contributed by atoms with Crippen LogP contribution < -0.4 is 5.32 Å². The molecule has 0 aliphatic heterocycles. The van der Waals surface area contributed by atoms with Crippen LogP contribution in [0.2, 0.25) is 0 Å². The lowest BCUT2D eigenvalue weighted by Gasteiger charge is -2.24. The first-order valence-corrected chi connectivity index (χ1v) is 5.24. The Labute approximate surface area is 87.2 Å². The van der Waals surface area contributed by atoms with E-state index in [-0.39, 0.29) is 17.4 Å². The van der Waals surface area contributed by atoms with Gasteiger partial charge in [0.25, 0.3) is 0 Å². The maximum absolute atomic E-state index is 11.5. The Morgan fingerprint density at radius 1 is 1.43 bits per heavy atom. The molecular weight excluding hydrogens is 178 g/mol. The molecule has 1 atom stereocenters. The van der Waals surface area contributed by atoms with Gasteiger partial charge < -0.3 is 10.1 Å². The number of hydrogen-bond acceptors (Lipinski definition) is 2. The fourth-order valence-corrected chi connectivity index (χ4v) is 1.20. The first kappa shape index (κ1) is 13.4. The highest BCUT2D eigenvalue weighted by atomic mass is 16.5. The molecule has 0 aliphatic carbocycles. The van der Waals surface area contributed by atoms with Gasteiger partial charge in [-0.25, -0.2) is 0 Å². The van der Waals surface area contributed by atoms with Gasteiger partial charge >= 0.3 is 0 Å². The first-order chi connectivity index (χ1) is 6.40. The van der Waals surface area contributed by atoms with Crippen LogP contribution in [-0.2, 0) is 9.53 Å². The van der Waals surface area contributed by atoms with E-state index in [1.54, 1.807) is 7.05 Å². The van der Waals surface area contributed by atoms with E-state index in [1.165, 1.54) is 0 Å². The molecule has 0 saturated heterocycles. The fourth-order valence-electron chi connectivity index (χ4n) is 1.20. The molecule has 1 amide bonds. The second kappa shape index (κ2) is 6.02. The van der Waals surface area contributed by atoms with E-state index < -0.39 is 0 Å². The SMILES string of the molecule is CCCOC(CC(C)(C)C)C(=O)NC. The number of nitrogens with one attached hydrogen (secondary N) is 1. The van der Waals surface area contributed by atoms with Gasteiger partial charge in [-0.3, -0.25) is 4.79 Å². The van der Waals surface area contributed by atoms with Crippen LogP contribution in [0.25, 0.3) is 0 Å². The average molecular weight is 201 g/mol. The molecule has 0 bridgehead atoms. The second-order valence-corrected chi connectivity index (χ2v) is 4.74. The molecule has 0 saturated carbocycles. The summed E-state index contributed by atoms with van der Waals surface area (Å²) < 4.78 is 5.51. The average Bonchev–Trinajstić information content (AvgIpc) is 2.09. The van der Waals surface area contributed by atoms with E-state index in [2.05, 4.69) is 26.1 Å². The predicted octanol–water partition coefficient (Wildman–Crippen LogP) is 1.96. The summed E-state index contributed by atoms with van der Waals surface area (Å²) in [7, 11) is 1.65. The summed E-state index contributed by atoms with van der Waals surface area (Å²) in [4.78, 5) is 11.5. The molecule has 84 valence electrons. The molecule has 0 aromatic rings. The Balaban J connectivity index is 4.18. The molecule has 0 heterocycles. The molecule has 14 heavy (non-hydrogen) atoms. The molecule has 0 fully saturated rings. The molecule has 0 aromatic carbocycles. The topological polar surface area (TPSA) is 38.3 Å². The van der Waals surface area contributed by atoms with Gasteiger partial charge in [0.15, 0.2) is 0 Å². The van der Waals surface area contributed by atoms with E-state index in [9.17, 15) is 4.79 Å². The van der Waals surface area contributed by atoms with Gasteiger partial charge in [0.05, 0.1) is 0 Å². The molecular formula is C11H23NO2. The molecule has 0 spiro atoms. The first-order valence-electron chi connectivity index (χ1n) is 5.24. The minimum Gasteiger partial charge on any atom is -0.368 e. The van der Waals surface area contributed by atoms with Gasteiger partial charge in [0.2, 0.25) is 5.91 Å². The Hall–Kier alpha value is -0.570. The minimum atomic E-state index is -0.306. The number of amides is 1. The van der Waals surface area contributed by atoms with E-state index in [0.717, 1.165) is 12.8 Å². The molecule has 3 heteroatoms. The van der Waals surface area contributed by atoms with E-state index in [1.807, 2.05) is 6.92 Å². The minimum absolute atomic E-state index is 0.0200. The third kappa shape index (κ3) is 5.97. The maximum atomic E-state index is 11.5. The maximum Gasteiger partial charge on any atom is 0.248 e. The number of carbonyl (C=O) groups excluding carboxylic acids is 1. The van der Waals surface area contributed by atoms with Crippen molar-refractivity contribution in [2.45, 2.75) is 46.6 Å². The number of ether oxygens (including phenoxy) is 1. The van der Waals surface area contributed by atoms with Gasteiger partial charge in [0, 0.05) is 13.7 Å². The van der Waals surface area contributed by atoms with E-state index in [4.69, 9.17) is 4.74 Å². The van der Waals surface area contributed by atoms with Gasteiger partial charge in [0.1, 0.15) is 6.10 Å². The Kier molecular flexibility index (Phi) is 5.77. The molecule has 1 N–H and O–H groups in total. The zero-order valence-corrected chi connectivity index (χ0v) is 10.0. The number of carbonyl (C=O) groups is 1. The summed E-state index contributed by atoms with van der Waals surface area (Å²) >= 11 is 0. The lowest BCUT2D eigenvalue weighted by Crippen LogP contribution is -2.37. The van der Waals surface area contributed by atoms with Crippen LogP contribution >= 0.6 is 0 Å². The number of likely N-dealkylation sites (N-methyl/N-ethyl adjacent to an activating group) is 1. The summed E-state index contributed by atoms with van der Waals surface area (Å²) in [5.74, 6) is -0.0200.